The number of aromatic hydroxyl groups is 2. The average molecular weight is 334 g/mol. The number of hydrogen-bond donors (Lipinski definition) is 3. The van der Waals surface area contributed by atoms with Crippen LogP contribution in [0.25, 0.3) is 0 Å². The van der Waals surface area contributed by atoms with Gasteiger partial charge in [0.2, 0.25) is 5.91 Å². The number of hydrogen-bond acceptors (Lipinski definition) is 6. The van der Waals surface area contributed by atoms with Crippen LogP contribution in [0.3, 0.4) is 0 Å². The van der Waals surface area contributed by atoms with Gasteiger partial charge in [0.1, 0.15) is 11.6 Å². The van der Waals surface area contributed by atoms with Crippen LogP contribution < -0.4 is 5.32 Å². The molecule has 0 heterocycles. The lowest BCUT2D eigenvalue weighted by molar-refractivity contribution is -0.145. The molecule has 0 saturated heterocycles. The van der Waals surface area contributed by atoms with E-state index in [9.17, 15) is 19.8 Å². The number of phenolic OH excluding ortho intramolecular Hbond substituents is 2. The lowest BCUT2D eigenvalue weighted by Crippen LogP contribution is -2.51. The summed E-state index contributed by atoms with van der Waals surface area (Å²) >= 11 is 0. The molecule has 3 N–H and O–H groups in total. The van der Waals surface area contributed by atoms with Gasteiger partial charge in [-0.25, -0.2) is 4.79 Å². The summed E-state index contributed by atoms with van der Waals surface area (Å²) in [5, 5.41) is 21.6. The number of aliphatic imine (C=N–C) groups is 1. The quantitative estimate of drug-likeness (QED) is 0.413. The van der Waals surface area contributed by atoms with Crippen molar-refractivity contribution in [3.05, 3.63) is 23.8 Å². The van der Waals surface area contributed by atoms with Gasteiger partial charge in [0.25, 0.3) is 0 Å². The Kier molecular flexibility index (Phi) is 5.43. The standard InChI is InChI=1S/C17H22N2O5/c1-18-17(7-3-4-8-17)16(23)19-12(15(22)24-2)9-11-5-6-13(20)14(21)10-11/h5-6,10,12,20-21H,1,3-4,7-9H2,2H3,(H,19,23)/t12-/m0/s1. The third-order valence-corrected chi connectivity index (χ3v) is 4.43. The molecule has 1 aliphatic carbocycles. The van der Waals surface area contributed by atoms with E-state index in [1.54, 1.807) is 6.07 Å². The van der Waals surface area contributed by atoms with E-state index in [4.69, 9.17) is 4.74 Å². The molecule has 7 heteroatoms. The molecule has 2 rings (SSSR count). The highest BCUT2D eigenvalue weighted by Crippen LogP contribution is 2.33. The molecule has 0 spiro atoms. The van der Waals surface area contributed by atoms with Crippen molar-refractivity contribution >= 4 is 18.6 Å². The molecule has 24 heavy (non-hydrogen) atoms. The zero-order chi connectivity index (χ0) is 17.7. The van der Waals surface area contributed by atoms with Gasteiger partial charge in [-0.3, -0.25) is 9.79 Å². The maximum absolute atomic E-state index is 12.6. The van der Waals surface area contributed by atoms with E-state index in [2.05, 4.69) is 17.0 Å². The molecular formula is C17H22N2O5. The van der Waals surface area contributed by atoms with E-state index >= 15 is 0 Å². The minimum atomic E-state index is -0.911. The molecule has 1 amide bonds. The van der Waals surface area contributed by atoms with Crippen LogP contribution in [0.2, 0.25) is 0 Å². The summed E-state index contributed by atoms with van der Waals surface area (Å²) < 4.78 is 4.76. The molecule has 0 unspecified atom stereocenters. The fraction of sp³-hybridized carbons (Fsp3) is 0.471. The summed E-state index contributed by atoms with van der Waals surface area (Å²) in [6.45, 7) is 3.53. The van der Waals surface area contributed by atoms with E-state index < -0.39 is 17.6 Å². The Morgan fingerprint density at radius 2 is 2.00 bits per heavy atom. The summed E-state index contributed by atoms with van der Waals surface area (Å²) in [5.41, 5.74) is -0.309. The first kappa shape index (κ1) is 17.8. The Bertz CT molecular complexity index is 638. The highest BCUT2D eigenvalue weighted by atomic mass is 16.5. The predicted octanol–water partition coefficient (Wildman–Crippen LogP) is 1.31. The lowest BCUT2D eigenvalue weighted by Gasteiger charge is -2.25. The molecule has 0 bridgehead atoms. The Morgan fingerprint density at radius 3 is 2.54 bits per heavy atom. The van der Waals surface area contributed by atoms with E-state index in [1.165, 1.54) is 19.2 Å². The van der Waals surface area contributed by atoms with Gasteiger partial charge in [0, 0.05) is 6.42 Å². The van der Waals surface area contributed by atoms with E-state index in [1.807, 2.05) is 0 Å². The topological polar surface area (TPSA) is 108 Å². The number of carbonyl (C=O) groups is 2. The number of rotatable bonds is 6. The monoisotopic (exact) mass is 334 g/mol. The van der Waals surface area contributed by atoms with Crippen LogP contribution in [0.5, 0.6) is 11.5 Å². The number of phenols is 2. The van der Waals surface area contributed by atoms with Crippen molar-refractivity contribution in [2.24, 2.45) is 4.99 Å². The van der Waals surface area contributed by atoms with Crippen LogP contribution in [-0.4, -0.2) is 47.5 Å². The van der Waals surface area contributed by atoms with Crippen molar-refractivity contribution in [3.63, 3.8) is 0 Å². The van der Waals surface area contributed by atoms with Crippen molar-refractivity contribution in [1.29, 1.82) is 0 Å². The Morgan fingerprint density at radius 1 is 1.33 bits per heavy atom. The third kappa shape index (κ3) is 3.67. The summed E-state index contributed by atoms with van der Waals surface area (Å²) in [4.78, 5) is 28.6. The smallest absolute Gasteiger partial charge is 0.328 e. The van der Waals surface area contributed by atoms with Crippen molar-refractivity contribution < 1.29 is 24.5 Å². The average Bonchev–Trinajstić information content (AvgIpc) is 3.07. The fourth-order valence-corrected chi connectivity index (χ4v) is 2.98. The van der Waals surface area contributed by atoms with Gasteiger partial charge in [-0.1, -0.05) is 18.9 Å². The minimum absolute atomic E-state index is 0.124. The van der Waals surface area contributed by atoms with Crippen molar-refractivity contribution in [2.45, 2.75) is 43.7 Å². The van der Waals surface area contributed by atoms with E-state index in [0.29, 0.717) is 18.4 Å². The van der Waals surface area contributed by atoms with Gasteiger partial charge in [-0.05, 0) is 37.3 Å². The number of esters is 1. The van der Waals surface area contributed by atoms with Crippen LogP contribution in [0.15, 0.2) is 23.2 Å². The largest absolute Gasteiger partial charge is 0.504 e. The number of carbonyl (C=O) groups excluding carboxylic acids is 2. The van der Waals surface area contributed by atoms with Crippen molar-refractivity contribution in [3.8, 4) is 11.5 Å². The Hall–Kier alpha value is -2.57. The van der Waals surface area contributed by atoms with Gasteiger partial charge < -0.3 is 20.3 Å². The van der Waals surface area contributed by atoms with Crippen LogP contribution in [0.4, 0.5) is 0 Å². The third-order valence-electron chi connectivity index (χ3n) is 4.43. The second kappa shape index (κ2) is 7.33. The highest BCUT2D eigenvalue weighted by Gasteiger charge is 2.41. The molecule has 7 nitrogen and oxygen atoms in total. The molecule has 1 aliphatic rings. The van der Waals surface area contributed by atoms with Crippen LogP contribution in [0, 0.1) is 0 Å². The van der Waals surface area contributed by atoms with Crippen molar-refractivity contribution in [1.82, 2.24) is 5.32 Å². The zero-order valence-corrected chi connectivity index (χ0v) is 13.6. The normalized spacial score (nSPS) is 17.0. The second-order valence-electron chi connectivity index (χ2n) is 5.97. The van der Waals surface area contributed by atoms with Gasteiger partial charge in [0.05, 0.1) is 7.11 Å². The Labute approximate surface area is 140 Å². The number of benzene rings is 1. The van der Waals surface area contributed by atoms with Gasteiger partial charge in [-0.15, -0.1) is 0 Å². The second-order valence-corrected chi connectivity index (χ2v) is 5.97. The molecule has 130 valence electrons. The van der Waals surface area contributed by atoms with Crippen LogP contribution in [-0.2, 0) is 20.7 Å². The first-order valence-electron chi connectivity index (χ1n) is 7.79. The molecule has 1 saturated carbocycles. The molecule has 1 aromatic rings. The highest BCUT2D eigenvalue weighted by molar-refractivity contribution is 5.91. The van der Waals surface area contributed by atoms with E-state index in [0.717, 1.165) is 12.8 Å². The number of ether oxygens (including phenoxy) is 1. The van der Waals surface area contributed by atoms with Gasteiger partial charge >= 0.3 is 5.97 Å². The summed E-state index contributed by atoms with van der Waals surface area (Å²) in [7, 11) is 1.24. The first-order valence-corrected chi connectivity index (χ1v) is 7.79. The van der Waals surface area contributed by atoms with Gasteiger partial charge in [-0.2, -0.15) is 0 Å². The fourth-order valence-electron chi connectivity index (χ4n) is 2.98. The van der Waals surface area contributed by atoms with Crippen LogP contribution >= 0.6 is 0 Å². The SMILES string of the molecule is C=NC1(C(=O)N[C@@H](Cc2ccc(O)c(O)c2)C(=O)OC)CCCC1. The number of nitrogens with one attached hydrogen (secondary N) is 1. The molecule has 1 atom stereocenters. The molecule has 1 aromatic carbocycles. The minimum Gasteiger partial charge on any atom is -0.504 e. The summed E-state index contributed by atoms with van der Waals surface area (Å²) in [5.74, 6) is -1.47. The molecule has 0 aliphatic heterocycles. The Balaban J connectivity index is 2.16. The van der Waals surface area contributed by atoms with Crippen LogP contribution in [0.1, 0.15) is 31.2 Å². The zero-order valence-electron chi connectivity index (χ0n) is 13.6. The molecule has 1 fully saturated rings. The maximum atomic E-state index is 12.6. The molecule has 0 aromatic heterocycles. The first-order chi connectivity index (χ1) is 11.4. The maximum Gasteiger partial charge on any atom is 0.328 e. The van der Waals surface area contributed by atoms with Gasteiger partial charge in [0.15, 0.2) is 11.5 Å². The van der Waals surface area contributed by atoms with E-state index in [-0.39, 0.29) is 23.8 Å². The summed E-state index contributed by atoms with van der Waals surface area (Å²) in [6, 6.07) is 3.32. The predicted molar refractivity (Wildman–Crippen MR) is 88.2 cm³/mol. The number of nitrogens with zero attached hydrogens (tertiary/aromatic N) is 1. The molecule has 0 radical (unpaired) electrons. The number of amides is 1. The number of methoxy groups -OCH3 is 1. The lowest BCUT2D eigenvalue weighted by atomic mass is 9.96. The summed E-state index contributed by atoms with van der Waals surface area (Å²) in [6.07, 6.45) is 3.12. The molecular weight excluding hydrogens is 312 g/mol. The van der Waals surface area contributed by atoms with Crippen molar-refractivity contribution in [2.75, 3.05) is 7.11 Å².